The molecule has 0 spiro atoms. The van der Waals surface area contributed by atoms with E-state index in [2.05, 4.69) is 41.4 Å². The van der Waals surface area contributed by atoms with Crippen molar-refractivity contribution in [3.63, 3.8) is 0 Å². The molecular weight excluding hydrogens is 479 g/mol. The smallest absolute Gasteiger partial charge is 0.191 e. The van der Waals surface area contributed by atoms with Crippen LogP contribution in [0, 0.1) is 0 Å². The van der Waals surface area contributed by atoms with Gasteiger partial charge in [-0.1, -0.05) is 12.1 Å². The van der Waals surface area contributed by atoms with E-state index in [1.807, 2.05) is 45.0 Å². The SMILES string of the molecule is CCNC(=NCC(O)c1ccc(OC(C)C)cc1)NCCCCN(C)C(C)C.I. The Morgan fingerprint density at radius 2 is 1.76 bits per heavy atom. The molecule has 1 aromatic rings. The number of aliphatic imine (C=N–C) groups is 1. The number of ether oxygens (including phenoxy) is 1. The Bertz CT molecular complexity index is 564. The Labute approximate surface area is 194 Å². The molecule has 0 heterocycles. The van der Waals surface area contributed by atoms with Crippen molar-refractivity contribution in [1.29, 1.82) is 0 Å². The molecule has 1 rings (SSSR count). The normalized spacial score (nSPS) is 12.8. The monoisotopic (exact) mass is 520 g/mol. The predicted molar refractivity (Wildman–Crippen MR) is 134 cm³/mol. The van der Waals surface area contributed by atoms with Crippen LogP contribution in [0.25, 0.3) is 0 Å². The van der Waals surface area contributed by atoms with Crippen LogP contribution >= 0.6 is 24.0 Å². The van der Waals surface area contributed by atoms with Gasteiger partial charge in [-0.3, -0.25) is 4.99 Å². The third kappa shape index (κ3) is 12.3. The molecule has 6 nitrogen and oxygen atoms in total. The molecule has 0 radical (unpaired) electrons. The summed E-state index contributed by atoms with van der Waals surface area (Å²) in [4.78, 5) is 6.88. The maximum atomic E-state index is 10.4. The van der Waals surface area contributed by atoms with E-state index in [0.717, 1.165) is 49.7 Å². The molecule has 1 unspecified atom stereocenters. The zero-order valence-electron chi connectivity index (χ0n) is 18.9. The van der Waals surface area contributed by atoms with Crippen molar-refractivity contribution in [3.8, 4) is 5.75 Å². The molecule has 0 aromatic heterocycles. The number of benzene rings is 1. The van der Waals surface area contributed by atoms with E-state index >= 15 is 0 Å². The lowest BCUT2D eigenvalue weighted by molar-refractivity contribution is 0.186. The third-order valence-electron chi connectivity index (χ3n) is 4.51. The van der Waals surface area contributed by atoms with Gasteiger partial charge in [0.05, 0.1) is 18.8 Å². The summed E-state index contributed by atoms with van der Waals surface area (Å²) >= 11 is 0. The number of unbranched alkanes of at least 4 members (excludes halogenated alkanes) is 1. The Morgan fingerprint density at radius 1 is 1.10 bits per heavy atom. The van der Waals surface area contributed by atoms with Gasteiger partial charge in [-0.25, -0.2) is 0 Å². The number of halogens is 1. The molecule has 168 valence electrons. The van der Waals surface area contributed by atoms with Crippen molar-refractivity contribution in [3.05, 3.63) is 29.8 Å². The zero-order valence-corrected chi connectivity index (χ0v) is 21.3. The molecule has 0 aliphatic rings. The van der Waals surface area contributed by atoms with Crippen molar-refractivity contribution < 1.29 is 9.84 Å². The van der Waals surface area contributed by atoms with Gasteiger partial charge in [-0.2, -0.15) is 0 Å². The molecule has 1 atom stereocenters. The van der Waals surface area contributed by atoms with Crippen LogP contribution in [-0.4, -0.2) is 61.3 Å². The first-order chi connectivity index (χ1) is 13.3. The molecule has 0 bridgehead atoms. The molecule has 0 aliphatic carbocycles. The molecule has 0 saturated heterocycles. The quantitative estimate of drug-likeness (QED) is 0.169. The molecule has 1 aromatic carbocycles. The summed E-state index contributed by atoms with van der Waals surface area (Å²) in [6.45, 7) is 13.5. The molecule has 0 aliphatic heterocycles. The lowest BCUT2D eigenvalue weighted by Crippen LogP contribution is -2.38. The van der Waals surface area contributed by atoms with E-state index in [0.29, 0.717) is 12.6 Å². The van der Waals surface area contributed by atoms with Gasteiger partial charge in [-0.05, 0) is 78.7 Å². The highest BCUT2D eigenvalue weighted by atomic mass is 127. The Kier molecular flexibility index (Phi) is 15.2. The second-order valence-electron chi connectivity index (χ2n) is 7.68. The maximum Gasteiger partial charge on any atom is 0.191 e. The van der Waals surface area contributed by atoms with Gasteiger partial charge in [0.1, 0.15) is 5.75 Å². The van der Waals surface area contributed by atoms with Crippen LogP contribution in [0.1, 0.15) is 59.1 Å². The standard InChI is InChI=1S/C22H40N4O2.HI/c1-7-23-22(24-14-8-9-15-26(6)17(2)3)25-16-21(27)19-10-12-20(13-11-19)28-18(4)5;/h10-13,17-18,21,27H,7-9,14-16H2,1-6H3,(H2,23,24,25);1H. The molecular formula is C22H41IN4O2. The molecule has 7 heteroatoms. The number of nitrogens with zero attached hydrogens (tertiary/aromatic N) is 2. The van der Waals surface area contributed by atoms with Crippen molar-refractivity contribution in [2.45, 2.75) is 65.7 Å². The fourth-order valence-electron chi connectivity index (χ4n) is 2.62. The highest BCUT2D eigenvalue weighted by Gasteiger charge is 2.08. The molecule has 0 saturated carbocycles. The largest absolute Gasteiger partial charge is 0.491 e. The van der Waals surface area contributed by atoms with Gasteiger partial charge in [0.25, 0.3) is 0 Å². The second kappa shape index (κ2) is 15.7. The third-order valence-corrected chi connectivity index (χ3v) is 4.51. The van der Waals surface area contributed by atoms with E-state index in [1.165, 1.54) is 0 Å². The number of aliphatic hydroxyl groups is 1. The van der Waals surface area contributed by atoms with Gasteiger partial charge in [0, 0.05) is 19.1 Å². The minimum atomic E-state index is -0.636. The summed E-state index contributed by atoms with van der Waals surface area (Å²) in [5, 5.41) is 17.0. The molecule has 0 amide bonds. The molecule has 29 heavy (non-hydrogen) atoms. The second-order valence-corrected chi connectivity index (χ2v) is 7.68. The topological polar surface area (TPSA) is 69.1 Å². The summed E-state index contributed by atoms with van der Waals surface area (Å²) < 4.78 is 5.64. The van der Waals surface area contributed by atoms with Crippen LogP contribution in [0.3, 0.4) is 0 Å². The first kappa shape index (κ1) is 27.9. The number of hydrogen-bond donors (Lipinski definition) is 3. The average molecular weight is 521 g/mol. The zero-order chi connectivity index (χ0) is 20.9. The van der Waals surface area contributed by atoms with Gasteiger partial charge in [-0.15, -0.1) is 24.0 Å². The first-order valence-corrected chi connectivity index (χ1v) is 10.5. The van der Waals surface area contributed by atoms with Crippen molar-refractivity contribution >= 4 is 29.9 Å². The Balaban J connectivity index is 0.00000784. The molecule has 3 N–H and O–H groups in total. The van der Waals surface area contributed by atoms with Gasteiger partial charge < -0.3 is 25.4 Å². The number of rotatable bonds is 12. The van der Waals surface area contributed by atoms with Crippen LogP contribution in [0.4, 0.5) is 0 Å². The summed E-state index contributed by atoms with van der Waals surface area (Å²) in [6, 6.07) is 8.14. The van der Waals surface area contributed by atoms with Crippen molar-refractivity contribution in [2.75, 3.05) is 33.2 Å². The molecule has 0 fully saturated rings. The average Bonchev–Trinajstić information content (AvgIpc) is 2.65. The minimum absolute atomic E-state index is 0. The number of aliphatic hydroxyl groups excluding tert-OH is 1. The van der Waals surface area contributed by atoms with E-state index in [-0.39, 0.29) is 30.1 Å². The Hall–Kier alpha value is -1.06. The van der Waals surface area contributed by atoms with Crippen LogP contribution in [0.15, 0.2) is 29.3 Å². The fraction of sp³-hybridized carbons (Fsp3) is 0.682. The maximum absolute atomic E-state index is 10.4. The van der Waals surface area contributed by atoms with Gasteiger partial charge >= 0.3 is 0 Å². The van der Waals surface area contributed by atoms with Crippen LogP contribution < -0.4 is 15.4 Å². The summed E-state index contributed by atoms with van der Waals surface area (Å²) in [5.74, 6) is 1.56. The lowest BCUT2D eigenvalue weighted by Gasteiger charge is -2.20. The van der Waals surface area contributed by atoms with Gasteiger partial charge in [0.15, 0.2) is 5.96 Å². The van der Waals surface area contributed by atoms with E-state index in [4.69, 9.17) is 4.74 Å². The van der Waals surface area contributed by atoms with E-state index < -0.39 is 6.10 Å². The number of hydrogen-bond acceptors (Lipinski definition) is 4. The van der Waals surface area contributed by atoms with Crippen molar-refractivity contribution in [2.24, 2.45) is 4.99 Å². The van der Waals surface area contributed by atoms with Crippen LogP contribution in [0.5, 0.6) is 5.75 Å². The summed E-state index contributed by atoms with van der Waals surface area (Å²) in [7, 11) is 2.16. The highest BCUT2D eigenvalue weighted by molar-refractivity contribution is 14.0. The fourth-order valence-corrected chi connectivity index (χ4v) is 2.62. The van der Waals surface area contributed by atoms with E-state index in [1.54, 1.807) is 0 Å². The lowest BCUT2D eigenvalue weighted by atomic mass is 10.1. The summed E-state index contributed by atoms with van der Waals surface area (Å²) in [6.07, 6.45) is 1.73. The van der Waals surface area contributed by atoms with Crippen LogP contribution in [0.2, 0.25) is 0 Å². The first-order valence-electron chi connectivity index (χ1n) is 10.5. The highest BCUT2D eigenvalue weighted by Crippen LogP contribution is 2.19. The number of nitrogens with one attached hydrogen (secondary N) is 2. The predicted octanol–water partition coefficient (Wildman–Crippen LogP) is 3.80. The minimum Gasteiger partial charge on any atom is -0.491 e. The van der Waals surface area contributed by atoms with Crippen molar-refractivity contribution in [1.82, 2.24) is 15.5 Å². The number of guanidine groups is 1. The van der Waals surface area contributed by atoms with Gasteiger partial charge in [0.2, 0.25) is 0 Å². The Morgan fingerprint density at radius 3 is 2.31 bits per heavy atom. The summed E-state index contributed by atoms with van der Waals surface area (Å²) in [5.41, 5.74) is 0.840. The van der Waals surface area contributed by atoms with Crippen LogP contribution in [-0.2, 0) is 0 Å². The van der Waals surface area contributed by atoms with E-state index in [9.17, 15) is 5.11 Å².